The smallest absolute Gasteiger partial charge is 0.211 e. The number of hydrogen-bond acceptors (Lipinski definition) is 9. The Morgan fingerprint density at radius 3 is 2.71 bits per heavy atom. The molecule has 5 aromatic rings. The van der Waals surface area contributed by atoms with Gasteiger partial charge in [-0.25, -0.2) is 9.50 Å². The van der Waals surface area contributed by atoms with E-state index in [9.17, 15) is 5.11 Å². The molecular weight excluding hydrogens is 486 g/mol. The Bertz CT molecular complexity index is 1630. The first kappa shape index (κ1) is 24.2. The number of nitrogens with zero attached hydrogens (tertiary/aromatic N) is 8. The van der Waals surface area contributed by atoms with E-state index in [4.69, 9.17) is 19.6 Å². The van der Waals surface area contributed by atoms with Gasteiger partial charge in [-0.2, -0.15) is 15.2 Å². The number of imidazole rings is 1. The van der Waals surface area contributed by atoms with E-state index in [-0.39, 0.29) is 11.5 Å². The molecule has 0 amide bonds. The maximum absolute atomic E-state index is 10.6. The summed E-state index contributed by atoms with van der Waals surface area (Å²) in [6, 6.07) is 2.00. The summed E-state index contributed by atoms with van der Waals surface area (Å²) in [5.74, 6) is 2.67. The second-order valence-electron chi connectivity index (χ2n) is 10.6. The lowest BCUT2D eigenvalue weighted by molar-refractivity contribution is 0.127. The third kappa shape index (κ3) is 4.01. The van der Waals surface area contributed by atoms with Crippen LogP contribution >= 0.6 is 0 Å². The van der Waals surface area contributed by atoms with Crippen LogP contribution in [0, 0.1) is 0 Å². The van der Waals surface area contributed by atoms with E-state index in [2.05, 4.69) is 41.2 Å². The minimum absolute atomic E-state index is 0.0307. The minimum atomic E-state index is -0.393. The van der Waals surface area contributed by atoms with Gasteiger partial charge in [0.25, 0.3) is 0 Å². The molecule has 5 aromatic heterocycles. The van der Waals surface area contributed by atoms with Crippen LogP contribution < -0.4 is 14.8 Å². The quantitative estimate of drug-likeness (QED) is 0.341. The Kier molecular flexibility index (Phi) is 5.71. The fourth-order valence-electron chi connectivity index (χ4n) is 5.10. The van der Waals surface area contributed by atoms with Crippen LogP contribution in [-0.2, 0) is 12.5 Å². The molecule has 0 spiro atoms. The summed E-state index contributed by atoms with van der Waals surface area (Å²) in [7, 11) is 3.47. The zero-order valence-corrected chi connectivity index (χ0v) is 22.1. The summed E-state index contributed by atoms with van der Waals surface area (Å²) in [5, 5.41) is 23.1. The van der Waals surface area contributed by atoms with Gasteiger partial charge in [0, 0.05) is 36.6 Å². The van der Waals surface area contributed by atoms with Crippen molar-refractivity contribution in [2.24, 2.45) is 7.05 Å². The van der Waals surface area contributed by atoms with Crippen molar-refractivity contribution in [3.63, 3.8) is 0 Å². The molecule has 0 bridgehead atoms. The van der Waals surface area contributed by atoms with E-state index in [1.165, 1.54) is 0 Å². The van der Waals surface area contributed by atoms with E-state index < -0.39 is 6.10 Å². The normalized spacial score (nSPS) is 17.9. The monoisotopic (exact) mass is 517 g/mol. The van der Waals surface area contributed by atoms with Crippen LogP contribution in [0.2, 0.25) is 0 Å². The lowest BCUT2D eigenvalue weighted by Gasteiger charge is -2.25. The van der Waals surface area contributed by atoms with E-state index in [0.717, 1.165) is 30.5 Å². The number of methoxy groups -OCH3 is 1. The van der Waals surface area contributed by atoms with Crippen LogP contribution in [0.1, 0.15) is 51.8 Å². The summed E-state index contributed by atoms with van der Waals surface area (Å²) in [4.78, 5) is 13.4. The predicted molar refractivity (Wildman–Crippen MR) is 141 cm³/mol. The number of aromatic nitrogens is 8. The lowest BCUT2D eigenvalue weighted by atomic mass is 9.91. The van der Waals surface area contributed by atoms with Crippen molar-refractivity contribution < 1.29 is 14.6 Å². The summed E-state index contributed by atoms with van der Waals surface area (Å²) in [5.41, 5.74) is 2.80. The number of aliphatic hydroxyl groups is 1. The van der Waals surface area contributed by atoms with E-state index in [1.54, 1.807) is 42.6 Å². The lowest BCUT2D eigenvalue weighted by Crippen LogP contribution is -2.26. The van der Waals surface area contributed by atoms with Gasteiger partial charge in [-0.05, 0) is 19.3 Å². The largest absolute Gasteiger partial charge is 0.491 e. The van der Waals surface area contributed by atoms with Gasteiger partial charge in [0.05, 0.1) is 37.8 Å². The molecule has 6 rings (SSSR count). The number of anilines is 2. The first-order chi connectivity index (χ1) is 18.2. The van der Waals surface area contributed by atoms with Crippen molar-refractivity contribution in [2.45, 2.75) is 57.6 Å². The van der Waals surface area contributed by atoms with Gasteiger partial charge in [0.1, 0.15) is 11.0 Å². The maximum atomic E-state index is 10.6. The van der Waals surface area contributed by atoms with Crippen LogP contribution in [0.3, 0.4) is 0 Å². The van der Waals surface area contributed by atoms with Crippen LogP contribution in [0.15, 0.2) is 37.1 Å². The Labute approximate surface area is 219 Å². The molecule has 12 nitrogen and oxygen atoms in total. The highest BCUT2D eigenvalue weighted by Gasteiger charge is 2.33. The highest BCUT2D eigenvalue weighted by atomic mass is 16.5. The third-order valence-corrected chi connectivity index (χ3v) is 7.04. The van der Waals surface area contributed by atoms with Crippen molar-refractivity contribution in [1.82, 2.24) is 38.9 Å². The summed E-state index contributed by atoms with van der Waals surface area (Å²) in [6.07, 6.45) is 10.6. The van der Waals surface area contributed by atoms with Gasteiger partial charge in [0.15, 0.2) is 28.7 Å². The molecule has 2 N–H and O–H groups in total. The first-order valence-electron chi connectivity index (χ1n) is 12.6. The molecule has 1 fully saturated rings. The molecule has 0 radical (unpaired) electrons. The Morgan fingerprint density at radius 1 is 1.13 bits per heavy atom. The Balaban J connectivity index is 1.36. The average molecular weight is 518 g/mol. The average Bonchev–Trinajstić information content (AvgIpc) is 3.66. The minimum Gasteiger partial charge on any atom is -0.491 e. The molecule has 0 saturated heterocycles. The summed E-state index contributed by atoms with van der Waals surface area (Å²) >= 11 is 0. The Morgan fingerprint density at radius 2 is 1.97 bits per heavy atom. The Hall–Kier alpha value is -4.19. The van der Waals surface area contributed by atoms with Gasteiger partial charge in [-0.15, -0.1) is 0 Å². The SMILES string of the molecule is COc1c(Oc2cnn3ccncc23)cnc2nc(Nc3cc(C(C)(C)C)n(C4CCCC4O)n3)n(C)c12. The molecule has 0 aliphatic heterocycles. The van der Waals surface area contributed by atoms with Crippen molar-refractivity contribution in [1.29, 1.82) is 0 Å². The molecule has 1 aliphatic rings. The molecule has 0 aromatic carbocycles. The number of nitrogens with one attached hydrogen (secondary N) is 1. The zero-order valence-electron chi connectivity index (χ0n) is 22.1. The summed E-state index contributed by atoms with van der Waals surface area (Å²) in [6.45, 7) is 6.45. The highest BCUT2D eigenvalue weighted by molar-refractivity contribution is 5.85. The standard InChI is InChI=1S/C26H31N9O3/c1-26(2,3)20-11-21(32-35(20)15-7-6-8-17(15)36)30-25-31-24-22(33(25)4)23(37-5)19(13-28-24)38-18-14-29-34-10-9-27-12-16(18)34/h9-15,17,36H,6-8H2,1-5H3,(H,28,30,31,32). The van der Waals surface area contributed by atoms with Crippen LogP contribution in [0.5, 0.6) is 17.2 Å². The fourth-order valence-corrected chi connectivity index (χ4v) is 5.10. The molecule has 1 saturated carbocycles. The van der Waals surface area contributed by atoms with Gasteiger partial charge >= 0.3 is 0 Å². The number of aryl methyl sites for hydroxylation is 1. The van der Waals surface area contributed by atoms with Gasteiger partial charge < -0.3 is 24.5 Å². The van der Waals surface area contributed by atoms with Crippen molar-refractivity contribution in [3.05, 3.63) is 42.7 Å². The molecule has 198 valence electrons. The zero-order chi connectivity index (χ0) is 26.6. The number of ether oxygens (including phenoxy) is 2. The van der Waals surface area contributed by atoms with E-state index in [1.807, 2.05) is 22.4 Å². The number of hydrogen-bond donors (Lipinski definition) is 2. The van der Waals surface area contributed by atoms with E-state index >= 15 is 0 Å². The van der Waals surface area contributed by atoms with Gasteiger partial charge in [0.2, 0.25) is 5.95 Å². The molecule has 1 aliphatic carbocycles. The maximum Gasteiger partial charge on any atom is 0.211 e. The number of rotatable bonds is 6. The van der Waals surface area contributed by atoms with Crippen molar-refractivity contribution in [2.75, 3.05) is 12.4 Å². The highest BCUT2D eigenvalue weighted by Crippen LogP contribution is 2.40. The van der Waals surface area contributed by atoms with Crippen molar-refractivity contribution in [3.8, 4) is 17.2 Å². The topological polar surface area (TPSA) is 129 Å². The second-order valence-corrected chi connectivity index (χ2v) is 10.6. The molecular formula is C26H31N9O3. The molecule has 5 heterocycles. The van der Waals surface area contributed by atoms with Crippen LogP contribution in [0.25, 0.3) is 16.7 Å². The number of aliphatic hydroxyl groups excluding tert-OH is 1. The third-order valence-electron chi connectivity index (χ3n) is 7.04. The second kappa shape index (κ2) is 8.98. The van der Waals surface area contributed by atoms with Crippen LogP contribution in [-0.4, -0.2) is 57.2 Å². The van der Waals surface area contributed by atoms with Gasteiger partial charge in [-0.1, -0.05) is 20.8 Å². The fraction of sp³-hybridized carbons (Fsp3) is 0.423. The van der Waals surface area contributed by atoms with Gasteiger partial charge in [-0.3, -0.25) is 9.67 Å². The molecule has 2 atom stereocenters. The molecule has 38 heavy (non-hydrogen) atoms. The predicted octanol–water partition coefficient (Wildman–Crippen LogP) is 4.14. The number of pyridine rings is 1. The van der Waals surface area contributed by atoms with E-state index in [0.29, 0.717) is 40.2 Å². The first-order valence-corrected chi connectivity index (χ1v) is 12.6. The number of fused-ring (bicyclic) bond motifs is 2. The summed E-state index contributed by atoms with van der Waals surface area (Å²) < 4.78 is 17.5. The molecule has 12 heteroatoms. The molecule has 2 unspecified atom stereocenters. The van der Waals surface area contributed by atoms with Crippen LogP contribution in [0.4, 0.5) is 11.8 Å². The van der Waals surface area contributed by atoms with Crippen molar-refractivity contribution >= 4 is 28.4 Å².